The number of amides is 1. The Kier molecular flexibility index (Phi) is 4.38. The number of nitrogens with one attached hydrogen (secondary N) is 1. The standard InChI is InChI=1S/C23H27N3O2/c1-28-19-10-7-16-13-20(23(27)24-17-8-9-17)22-15-25(18-5-3-2-4-6-18)11-12-26(22)21(16)14-19/h2-7,10,14,17,20,22H,8-9,11-13,15H2,1H3,(H,24,27)/t20-,22-/m0/s1. The Hall–Kier alpha value is -2.69. The third kappa shape index (κ3) is 3.19. The minimum absolute atomic E-state index is 0.0204. The lowest BCUT2D eigenvalue weighted by atomic mass is 9.83. The van der Waals surface area contributed by atoms with Crippen LogP contribution in [0.15, 0.2) is 48.5 Å². The number of rotatable bonds is 4. The molecule has 0 radical (unpaired) electrons. The third-order valence-electron chi connectivity index (χ3n) is 6.31. The van der Waals surface area contributed by atoms with Crippen LogP contribution in [0.2, 0.25) is 0 Å². The van der Waals surface area contributed by atoms with Crippen LogP contribution in [0.4, 0.5) is 11.4 Å². The quantitative estimate of drug-likeness (QED) is 0.890. The SMILES string of the molecule is COc1ccc2c(c1)N1CCN(c3ccccc3)C[C@H]1[C@@H](C(=O)NC1CC1)C2. The zero-order valence-corrected chi connectivity index (χ0v) is 16.3. The van der Waals surface area contributed by atoms with Crippen LogP contribution in [0.25, 0.3) is 0 Å². The van der Waals surface area contributed by atoms with E-state index in [0.717, 1.165) is 44.6 Å². The minimum Gasteiger partial charge on any atom is -0.497 e. The fourth-order valence-corrected chi connectivity index (χ4v) is 4.61. The first-order valence-electron chi connectivity index (χ1n) is 10.3. The molecule has 1 aliphatic carbocycles. The molecular formula is C23H27N3O2. The molecule has 2 fully saturated rings. The Labute approximate surface area is 166 Å². The molecule has 28 heavy (non-hydrogen) atoms. The largest absolute Gasteiger partial charge is 0.497 e. The monoisotopic (exact) mass is 377 g/mol. The second-order valence-corrected chi connectivity index (χ2v) is 8.13. The number of methoxy groups -OCH3 is 1. The first-order chi connectivity index (χ1) is 13.7. The number of ether oxygens (including phenoxy) is 1. The average Bonchev–Trinajstić information content (AvgIpc) is 3.57. The second-order valence-electron chi connectivity index (χ2n) is 8.13. The summed E-state index contributed by atoms with van der Waals surface area (Å²) in [5, 5.41) is 3.26. The molecule has 1 N–H and O–H groups in total. The summed E-state index contributed by atoms with van der Waals surface area (Å²) in [4.78, 5) is 18.0. The van der Waals surface area contributed by atoms with Gasteiger partial charge in [0, 0.05) is 43.1 Å². The normalized spacial score (nSPS) is 23.6. The molecule has 146 valence electrons. The number of anilines is 2. The van der Waals surface area contributed by atoms with Gasteiger partial charge in [-0.2, -0.15) is 0 Å². The van der Waals surface area contributed by atoms with E-state index in [9.17, 15) is 4.79 Å². The topological polar surface area (TPSA) is 44.8 Å². The van der Waals surface area contributed by atoms with E-state index in [2.05, 4.69) is 57.6 Å². The lowest BCUT2D eigenvalue weighted by Crippen LogP contribution is -2.61. The molecule has 0 aromatic heterocycles. The first-order valence-corrected chi connectivity index (χ1v) is 10.3. The van der Waals surface area contributed by atoms with Crippen molar-refractivity contribution in [3.8, 4) is 5.75 Å². The van der Waals surface area contributed by atoms with Gasteiger partial charge >= 0.3 is 0 Å². The molecule has 2 heterocycles. The van der Waals surface area contributed by atoms with Crippen LogP contribution in [0.1, 0.15) is 18.4 Å². The third-order valence-corrected chi connectivity index (χ3v) is 6.31. The van der Waals surface area contributed by atoms with E-state index in [0.29, 0.717) is 6.04 Å². The highest BCUT2D eigenvalue weighted by molar-refractivity contribution is 5.83. The highest BCUT2D eigenvalue weighted by atomic mass is 16.5. The fourth-order valence-electron chi connectivity index (χ4n) is 4.61. The highest BCUT2D eigenvalue weighted by Gasteiger charge is 2.42. The van der Waals surface area contributed by atoms with Crippen molar-refractivity contribution in [1.29, 1.82) is 0 Å². The van der Waals surface area contributed by atoms with Gasteiger partial charge in [0.15, 0.2) is 0 Å². The predicted octanol–water partition coefficient (Wildman–Crippen LogP) is 2.84. The van der Waals surface area contributed by atoms with Crippen molar-refractivity contribution in [1.82, 2.24) is 5.32 Å². The van der Waals surface area contributed by atoms with Gasteiger partial charge in [-0.25, -0.2) is 0 Å². The van der Waals surface area contributed by atoms with Crippen molar-refractivity contribution in [2.24, 2.45) is 5.92 Å². The molecule has 5 heteroatoms. The van der Waals surface area contributed by atoms with Gasteiger partial charge in [-0.3, -0.25) is 4.79 Å². The van der Waals surface area contributed by atoms with Gasteiger partial charge in [-0.1, -0.05) is 24.3 Å². The van der Waals surface area contributed by atoms with E-state index in [1.165, 1.54) is 16.9 Å². The van der Waals surface area contributed by atoms with Crippen LogP contribution in [0.3, 0.4) is 0 Å². The van der Waals surface area contributed by atoms with Gasteiger partial charge in [0.05, 0.1) is 19.1 Å². The van der Waals surface area contributed by atoms with Gasteiger partial charge in [-0.15, -0.1) is 0 Å². The van der Waals surface area contributed by atoms with E-state index < -0.39 is 0 Å². The molecule has 3 aliphatic rings. The number of fused-ring (bicyclic) bond motifs is 3. The average molecular weight is 377 g/mol. The Morgan fingerprint density at radius 1 is 1.11 bits per heavy atom. The molecule has 2 aromatic carbocycles. The Balaban J connectivity index is 1.47. The number of hydrogen-bond acceptors (Lipinski definition) is 4. The van der Waals surface area contributed by atoms with Crippen molar-refractivity contribution in [3.05, 3.63) is 54.1 Å². The molecule has 1 saturated heterocycles. The number of nitrogens with zero attached hydrogens (tertiary/aromatic N) is 2. The van der Waals surface area contributed by atoms with E-state index >= 15 is 0 Å². The van der Waals surface area contributed by atoms with Gasteiger partial charge in [0.2, 0.25) is 5.91 Å². The first kappa shape index (κ1) is 17.4. The number of hydrogen-bond donors (Lipinski definition) is 1. The van der Waals surface area contributed by atoms with Crippen molar-refractivity contribution < 1.29 is 9.53 Å². The van der Waals surface area contributed by atoms with Crippen molar-refractivity contribution in [2.45, 2.75) is 31.3 Å². The summed E-state index contributed by atoms with van der Waals surface area (Å²) in [6.07, 6.45) is 3.04. The van der Waals surface area contributed by atoms with Crippen LogP contribution in [-0.4, -0.2) is 44.7 Å². The molecule has 2 atom stereocenters. The molecule has 0 bridgehead atoms. The Morgan fingerprint density at radius 3 is 2.68 bits per heavy atom. The summed E-state index contributed by atoms with van der Waals surface area (Å²) < 4.78 is 5.47. The van der Waals surface area contributed by atoms with Gasteiger partial charge in [-0.05, 0) is 43.0 Å². The van der Waals surface area contributed by atoms with Crippen LogP contribution in [0, 0.1) is 5.92 Å². The lowest BCUT2D eigenvalue weighted by Gasteiger charge is -2.49. The van der Waals surface area contributed by atoms with Gasteiger partial charge in [0.25, 0.3) is 0 Å². The minimum atomic E-state index is -0.0204. The van der Waals surface area contributed by atoms with E-state index in [1.807, 2.05) is 6.07 Å². The lowest BCUT2D eigenvalue weighted by molar-refractivity contribution is -0.126. The summed E-state index contributed by atoms with van der Waals surface area (Å²) in [6.45, 7) is 2.73. The summed E-state index contributed by atoms with van der Waals surface area (Å²) in [6, 6.07) is 17.4. The van der Waals surface area contributed by atoms with E-state index in [4.69, 9.17) is 4.74 Å². The molecule has 2 aliphatic heterocycles. The molecule has 5 rings (SSSR count). The van der Waals surface area contributed by atoms with Gasteiger partial charge in [0.1, 0.15) is 5.75 Å². The van der Waals surface area contributed by atoms with Crippen molar-refractivity contribution >= 4 is 17.3 Å². The molecular weight excluding hydrogens is 350 g/mol. The Bertz CT molecular complexity index is 865. The fraction of sp³-hybridized carbons (Fsp3) is 0.435. The summed E-state index contributed by atoms with van der Waals surface area (Å²) in [5.41, 5.74) is 3.72. The van der Waals surface area contributed by atoms with Gasteiger partial charge < -0.3 is 19.9 Å². The molecule has 5 nitrogen and oxygen atoms in total. The molecule has 0 unspecified atom stereocenters. The van der Waals surface area contributed by atoms with E-state index in [-0.39, 0.29) is 17.9 Å². The molecule has 2 aromatic rings. The summed E-state index contributed by atoms with van der Waals surface area (Å²) in [7, 11) is 1.71. The number of piperazine rings is 1. The van der Waals surface area contributed by atoms with Crippen molar-refractivity contribution in [3.63, 3.8) is 0 Å². The van der Waals surface area contributed by atoms with Crippen LogP contribution >= 0.6 is 0 Å². The van der Waals surface area contributed by atoms with Crippen molar-refractivity contribution in [2.75, 3.05) is 36.5 Å². The van der Waals surface area contributed by atoms with Crippen LogP contribution in [0.5, 0.6) is 5.75 Å². The number of carbonyl (C=O) groups is 1. The summed E-state index contributed by atoms with van der Waals surface area (Å²) in [5.74, 6) is 1.07. The number of carbonyl (C=O) groups excluding carboxylic acids is 1. The molecule has 0 spiro atoms. The van der Waals surface area contributed by atoms with E-state index in [1.54, 1.807) is 7.11 Å². The summed E-state index contributed by atoms with van der Waals surface area (Å²) >= 11 is 0. The molecule has 1 amide bonds. The van der Waals surface area contributed by atoms with Crippen LogP contribution < -0.4 is 19.9 Å². The number of benzene rings is 2. The molecule has 1 saturated carbocycles. The second kappa shape index (κ2) is 7.04. The number of para-hydroxylation sites is 1. The maximum absolute atomic E-state index is 13.1. The Morgan fingerprint density at radius 2 is 1.93 bits per heavy atom. The highest BCUT2D eigenvalue weighted by Crippen LogP contribution is 2.39. The zero-order valence-electron chi connectivity index (χ0n) is 16.3. The smallest absolute Gasteiger partial charge is 0.225 e. The van der Waals surface area contributed by atoms with Crippen LogP contribution in [-0.2, 0) is 11.2 Å². The maximum atomic E-state index is 13.1. The predicted molar refractivity (Wildman–Crippen MR) is 111 cm³/mol. The zero-order chi connectivity index (χ0) is 19.1. The maximum Gasteiger partial charge on any atom is 0.225 e.